The van der Waals surface area contributed by atoms with E-state index in [4.69, 9.17) is 5.11 Å². The number of carboxylic acids is 1. The van der Waals surface area contributed by atoms with Gasteiger partial charge < -0.3 is 5.11 Å². The van der Waals surface area contributed by atoms with Crippen molar-refractivity contribution in [3.63, 3.8) is 0 Å². The summed E-state index contributed by atoms with van der Waals surface area (Å²) in [7, 11) is 0. The summed E-state index contributed by atoms with van der Waals surface area (Å²) in [6.45, 7) is 0.967. The Labute approximate surface area is 94.9 Å². The van der Waals surface area contributed by atoms with Gasteiger partial charge in [0.25, 0.3) is 0 Å². The van der Waals surface area contributed by atoms with Gasteiger partial charge in [0.2, 0.25) is 0 Å². The number of carbonyl (C=O) groups is 1. The second-order valence-corrected chi connectivity index (χ2v) is 4.13. The highest BCUT2D eigenvalue weighted by molar-refractivity contribution is 5.69. The smallest absolute Gasteiger partial charge is 0.317 e. The Balaban J connectivity index is 2.13. The molecule has 0 aromatic carbocycles. The summed E-state index contributed by atoms with van der Waals surface area (Å²) in [6, 6.07) is 5.99. The topological polar surface area (TPSA) is 53.4 Å². The molecule has 1 unspecified atom stereocenters. The van der Waals surface area contributed by atoms with Crippen LogP contribution in [0.2, 0.25) is 0 Å². The van der Waals surface area contributed by atoms with Crippen molar-refractivity contribution in [2.45, 2.75) is 25.3 Å². The fourth-order valence-corrected chi connectivity index (χ4v) is 2.26. The third-order valence-corrected chi connectivity index (χ3v) is 2.98. The van der Waals surface area contributed by atoms with Crippen LogP contribution in [-0.2, 0) is 4.79 Å². The second kappa shape index (κ2) is 5.07. The maximum atomic E-state index is 10.8. The van der Waals surface area contributed by atoms with E-state index < -0.39 is 5.97 Å². The van der Waals surface area contributed by atoms with Crippen LogP contribution in [-0.4, -0.2) is 34.0 Å². The van der Waals surface area contributed by atoms with Crippen LogP contribution in [0.15, 0.2) is 24.4 Å². The van der Waals surface area contributed by atoms with Gasteiger partial charge in [-0.1, -0.05) is 12.5 Å². The molecule has 1 aromatic rings. The molecule has 86 valence electrons. The van der Waals surface area contributed by atoms with E-state index in [0.717, 1.165) is 31.5 Å². The number of aliphatic carboxylic acids is 1. The number of aromatic nitrogens is 1. The first-order chi connectivity index (χ1) is 7.77. The van der Waals surface area contributed by atoms with Gasteiger partial charge in [-0.3, -0.25) is 14.7 Å². The molecule has 1 atom stereocenters. The van der Waals surface area contributed by atoms with E-state index in [-0.39, 0.29) is 12.6 Å². The lowest BCUT2D eigenvalue weighted by molar-refractivity contribution is -0.139. The normalized spacial score (nSPS) is 21.9. The van der Waals surface area contributed by atoms with Crippen molar-refractivity contribution in [3.8, 4) is 0 Å². The van der Waals surface area contributed by atoms with Gasteiger partial charge in [0.1, 0.15) is 0 Å². The van der Waals surface area contributed by atoms with E-state index in [2.05, 4.69) is 4.98 Å². The summed E-state index contributed by atoms with van der Waals surface area (Å²) in [6.07, 6.45) is 5.00. The largest absolute Gasteiger partial charge is 0.480 e. The molecule has 0 saturated carbocycles. The Morgan fingerprint density at radius 1 is 1.50 bits per heavy atom. The van der Waals surface area contributed by atoms with Gasteiger partial charge in [0.15, 0.2) is 0 Å². The standard InChI is InChI=1S/C12H16N2O2/c15-12(16)9-14-8-4-2-6-11(14)10-5-1-3-7-13-10/h1,3,5,7,11H,2,4,6,8-9H2,(H,15,16). The average molecular weight is 220 g/mol. The second-order valence-electron chi connectivity index (χ2n) is 4.13. The Hall–Kier alpha value is -1.42. The number of piperidine rings is 1. The zero-order chi connectivity index (χ0) is 11.4. The zero-order valence-electron chi connectivity index (χ0n) is 9.17. The SMILES string of the molecule is O=C(O)CN1CCCCC1c1ccccn1. The number of rotatable bonds is 3. The quantitative estimate of drug-likeness (QED) is 0.842. The van der Waals surface area contributed by atoms with E-state index in [1.165, 1.54) is 0 Å². The van der Waals surface area contributed by atoms with Crippen LogP contribution in [0.3, 0.4) is 0 Å². The molecule has 1 aliphatic rings. The van der Waals surface area contributed by atoms with Crippen molar-refractivity contribution >= 4 is 5.97 Å². The highest BCUT2D eigenvalue weighted by Crippen LogP contribution is 2.28. The van der Waals surface area contributed by atoms with Crippen LogP contribution in [0.1, 0.15) is 31.0 Å². The number of hydrogen-bond donors (Lipinski definition) is 1. The van der Waals surface area contributed by atoms with Gasteiger partial charge in [-0.15, -0.1) is 0 Å². The van der Waals surface area contributed by atoms with Crippen molar-refractivity contribution in [2.75, 3.05) is 13.1 Å². The van der Waals surface area contributed by atoms with Gasteiger partial charge in [-0.25, -0.2) is 0 Å². The van der Waals surface area contributed by atoms with Crippen molar-refractivity contribution in [3.05, 3.63) is 30.1 Å². The zero-order valence-corrected chi connectivity index (χ0v) is 9.17. The Morgan fingerprint density at radius 2 is 2.38 bits per heavy atom. The molecule has 2 rings (SSSR count). The molecule has 1 aliphatic heterocycles. The lowest BCUT2D eigenvalue weighted by Crippen LogP contribution is -2.37. The molecular formula is C12H16N2O2. The van der Waals surface area contributed by atoms with E-state index in [0.29, 0.717) is 0 Å². The molecule has 4 nitrogen and oxygen atoms in total. The highest BCUT2D eigenvalue weighted by atomic mass is 16.4. The summed E-state index contributed by atoms with van der Waals surface area (Å²) in [4.78, 5) is 17.1. The number of likely N-dealkylation sites (tertiary alicyclic amines) is 1. The van der Waals surface area contributed by atoms with Gasteiger partial charge >= 0.3 is 5.97 Å². The molecule has 1 N–H and O–H groups in total. The summed E-state index contributed by atoms with van der Waals surface area (Å²) in [5.41, 5.74) is 0.989. The number of nitrogens with zero attached hydrogens (tertiary/aromatic N) is 2. The van der Waals surface area contributed by atoms with E-state index in [1.54, 1.807) is 6.20 Å². The van der Waals surface area contributed by atoms with Crippen molar-refractivity contribution in [1.29, 1.82) is 0 Å². The molecule has 1 fully saturated rings. The molecule has 1 saturated heterocycles. The van der Waals surface area contributed by atoms with E-state index in [1.807, 2.05) is 23.1 Å². The Morgan fingerprint density at radius 3 is 3.06 bits per heavy atom. The number of carboxylic acid groups (broad SMARTS) is 1. The number of pyridine rings is 1. The minimum Gasteiger partial charge on any atom is -0.480 e. The van der Waals surface area contributed by atoms with Crippen LogP contribution in [0.5, 0.6) is 0 Å². The van der Waals surface area contributed by atoms with Crippen LogP contribution in [0.25, 0.3) is 0 Å². The van der Waals surface area contributed by atoms with Crippen LogP contribution >= 0.6 is 0 Å². The van der Waals surface area contributed by atoms with E-state index >= 15 is 0 Å². The van der Waals surface area contributed by atoms with Gasteiger partial charge in [0, 0.05) is 6.20 Å². The molecule has 0 amide bonds. The van der Waals surface area contributed by atoms with Gasteiger partial charge in [0.05, 0.1) is 18.3 Å². The first-order valence-corrected chi connectivity index (χ1v) is 5.64. The van der Waals surface area contributed by atoms with Crippen LogP contribution in [0.4, 0.5) is 0 Å². The maximum absolute atomic E-state index is 10.8. The predicted molar refractivity (Wildman–Crippen MR) is 60.0 cm³/mol. The average Bonchev–Trinajstić information content (AvgIpc) is 2.30. The molecule has 0 aliphatic carbocycles. The van der Waals surface area contributed by atoms with Crippen molar-refractivity contribution in [1.82, 2.24) is 9.88 Å². The molecule has 0 spiro atoms. The number of hydrogen-bond acceptors (Lipinski definition) is 3. The lowest BCUT2D eigenvalue weighted by atomic mass is 9.99. The summed E-state index contributed by atoms with van der Waals surface area (Å²) >= 11 is 0. The summed E-state index contributed by atoms with van der Waals surface area (Å²) in [5.74, 6) is -0.761. The molecule has 16 heavy (non-hydrogen) atoms. The minimum absolute atomic E-state index is 0.112. The lowest BCUT2D eigenvalue weighted by Gasteiger charge is -2.33. The molecule has 2 heterocycles. The summed E-state index contributed by atoms with van der Waals surface area (Å²) in [5, 5.41) is 8.87. The molecule has 4 heteroatoms. The minimum atomic E-state index is -0.761. The fourth-order valence-electron chi connectivity index (χ4n) is 2.26. The van der Waals surface area contributed by atoms with Crippen LogP contribution < -0.4 is 0 Å². The van der Waals surface area contributed by atoms with Crippen molar-refractivity contribution < 1.29 is 9.90 Å². The molecule has 0 radical (unpaired) electrons. The first kappa shape index (κ1) is 11.1. The highest BCUT2D eigenvalue weighted by Gasteiger charge is 2.25. The first-order valence-electron chi connectivity index (χ1n) is 5.64. The van der Waals surface area contributed by atoms with Crippen LogP contribution in [0, 0.1) is 0 Å². The van der Waals surface area contributed by atoms with Crippen molar-refractivity contribution in [2.24, 2.45) is 0 Å². The van der Waals surface area contributed by atoms with Gasteiger partial charge in [-0.05, 0) is 31.5 Å². The third-order valence-electron chi connectivity index (χ3n) is 2.98. The molecule has 0 bridgehead atoms. The third kappa shape index (κ3) is 2.58. The maximum Gasteiger partial charge on any atom is 0.317 e. The molecular weight excluding hydrogens is 204 g/mol. The van der Waals surface area contributed by atoms with Gasteiger partial charge in [-0.2, -0.15) is 0 Å². The Kier molecular flexibility index (Phi) is 3.51. The monoisotopic (exact) mass is 220 g/mol. The van der Waals surface area contributed by atoms with E-state index in [9.17, 15) is 4.79 Å². The predicted octanol–water partition coefficient (Wildman–Crippen LogP) is 1.69. The summed E-state index contributed by atoms with van der Waals surface area (Å²) < 4.78 is 0. The molecule has 1 aromatic heterocycles. The Bertz CT molecular complexity index is 353. The fraction of sp³-hybridized carbons (Fsp3) is 0.500.